The van der Waals surface area contributed by atoms with Crippen LogP contribution in [0.2, 0.25) is 0 Å². The number of nitrogens with one attached hydrogen (secondary N) is 2. The second-order valence-electron chi connectivity index (χ2n) is 6.97. The molecular formula is C17H30N2O3. The lowest BCUT2D eigenvalue weighted by Crippen LogP contribution is -2.57. The molecule has 2 N–H and O–H groups in total. The normalized spacial score (nSPS) is 17.6. The van der Waals surface area contributed by atoms with E-state index in [1.807, 2.05) is 6.92 Å². The number of hydrogen-bond acceptors (Lipinski definition) is 3. The number of hydrogen-bond donors (Lipinski definition) is 2. The molecule has 5 nitrogen and oxygen atoms in total. The van der Waals surface area contributed by atoms with E-state index in [-0.39, 0.29) is 11.8 Å². The van der Waals surface area contributed by atoms with E-state index in [9.17, 15) is 14.4 Å². The standard InChI is InChI=1S/C17H30N2O3/c1-5-12(2)14(20)15(21)19-17(3,4)16(22)18-11-13-9-7-6-8-10-13/h12-13H,5-11H2,1-4H3,(H,18,22)(H,19,21). The Morgan fingerprint density at radius 2 is 1.73 bits per heavy atom. The van der Waals surface area contributed by atoms with Crippen molar-refractivity contribution in [3.8, 4) is 0 Å². The number of carbonyl (C=O) groups is 3. The predicted octanol–water partition coefficient (Wildman–Crippen LogP) is 2.19. The maximum Gasteiger partial charge on any atom is 0.288 e. The fraction of sp³-hybridized carbons (Fsp3) is 0.824. The van der Waals surface area contributed by atoms with E-state index in [2.05, 4.69) is 10.6 Å². The lowest BCUT2D eigenvalue weighted by molar-refractivity contribution is -0.142. The Morgan fingerprint density at radius 1 is 1.14 bits per heavy atom. The minimum Gasteiger partial charge on any atom is -0.354 e. The Balaban J connectivity index is 2.47. The summed E-state index contributed by atoms with van der Waals surface area (Å²) in [5.41, 5.74) is -1.07. The Morgan fingerprint density at radius 3 is 2.27 bits per heavy atom. The topological polar surface area (TPSA) is 75.3 Å². The number of carbonyl (C=O) groups excluding carboxylic acids is 3. The zero-order valence-electron chi connectivity index (χ0n) is 14.3. The number of amides is 2. The zero-order valence-corrected chi connectivity index (χ0v) is 14.3. The van der Waals surface area contributed by atoms with Crippen molar-refractivity contribution in [1.82, 2.24) is 10.6 Å². The molecule has 5 heteroatoms. The largest absolute Gasteiger partial charge is 0.354 e. The number of ketones is 1. The van der Waals surface area contributed by atoms with E-state index >= 15 is 0 Å². The third-order valence-corrected chi connectivity index (χ3v) is 4.55. The predicted molar refractivity (Wildman–Crippen MR) is 86.3 cm³/mol. The molecule has 1 rings (SSSR count). The van der Waals surface area contributed by atoms with Crippen LogP contribution in [-0.4, -0.2) is 29.7 Å². The van der Waals surface area contributed by atoms with Crippen molar-refractivity contribution in [2.45, 2.75) is 71.8 Å². The summed E-state index contributed by atoms with van der Waals surface area (Å²) in [6.07, 6.45) is 6.65. The Labute approximate surface area is 133 Å². The summed E-state index contributed by atoms with van der Waals surface area (Å²) in [4.78, 5) is 36.0. The first-order chi connectivity index (χ1) is 10.3. The highest BCUT2D eigenvalue weighted by Gasteiger charge is 2.32. The highest BCUT2D eigenvalue weighted by molar-refractivity contribution is 6.37. The van der Waals surface area contributed by atoms with Crippen molar-refractivity contribution in [2.75, 3.05) is 6.54 Å². The molecule has 22 heavy (non-hydrogen) atoms. The van der Waals surface area contributed by atoms with E-state index in [0.29, 0.717) is 18.9 Å². The van der Waals surface area contributed by atoms with Gasteiger partial charge in [0.25, 0.3) is 5.91 Å². The molecule has 126 valence electrons. The van der Waals surface area contributed by atoms with Gasteiger partial charge in [0.1, 0.15) is 5.54 Å². The molecule has 1 unspecified atom stereocenters. The van der Waals surface area contributed by atoms with E-state index in [0.717, 1.165) is 12.8 Å². The van der Waals surface area contributed by atoms with Gasteiger partial charge >= 0.3 is 0 Å². The molecule has 0 radical (unpaired) electrons. The molecule has 0 saturated heterocycles. The first-order valence-electron chi connectivity index (χ1n) is 8.42. The molecule has 0 aliphatic heterocycles. The van der Waals surface area contributed by atoms with Crippen molar-refractivity contribution in [3.63, 3.8) is 0 Å². The van der Waals surface area contributed by atoms with Gasteiger partial charge in [-0.1, -0.05) is 33.1 Å². The zero-order chi connectivity index (χ0) is 16.8. The summed E-state index contributed by atoms with van der Waals surface area (Å²) >= 11 is 0. The summed E-state index contributed by atoms with van der Waals surface area (Å²) in [5, 5.41) is 5.47. The van der Waals surface area contributed by atoms with Crippen LogP contribution in [0.25, 0.3) is 0 Å². The van der Waals surface area contributed by atoms with Crippen molar-refractivity contribution in [2.24, 2.45) is 11.8 Å². The van der Waals surface area contributed by atoms with Gasteiger partial charge in [-0.25, -0.2) is 0 Å². The van der Waals surface area contributed by atoms with Crippen molar-refractivity contribution < 1.29 is 14.4 Å². The lowest BCUT2D eigenvalue weighted by Gasteiger charge is -2.27. The van der Waals surface area contributed by atoms with E-state index < -0.39 is 17.2 Å². The van der Waals surface area contributed by atoms with Gasteiger partial charge < -0.3 is 10.6 Å². The van der Waals surface area contributed by atoms with Crippen LogP contribution in [0.15, 0.2) is 0 Å². The van der Waals surface area contributed by atoms with Crippen LogP contribution in [-0.2, 0) is 14.4 Å². The Kier molecular flexibility index (Phi) is 7.04. The molecule has 0 bridgehead atoms. The van der Waals surface area contributed by atoms with Gasteiger partial charge in [0.15, 0.2) is 0 Å². The lowest BCUT2D eigenvalue weighted by atomic mass is 9.89. The molecule has 1 aliphatic carbocycles. The summed E-state index contributed by atoms with van der Waals surface area (Å²) in [6.45, 7) is 7.49. The molecule has 0 spiro atoms. The molecule has 1 saturated carbocycles. The SMILES string of the molecule is CCC(C)C(=O)C(=O)NC(C)(C)C(=O)NCC1CCCCC1. The smallest absolute Gasteiger partial charge is 0.288 e. The number of rotatable bonds is 7. The van der Waals surface area contributed by atoms with Crippen LogP contribution in [0.5, 0.6) is 0 Å². The van der Waals surface area contributed by atoms with Crippen molar-refractivity contribution in [3.05, 3.63) is 0 Å². The van der Waals surface area contributed by atoms with Gasteiger partial charge in [0.2, 0.25) is 11.7 Å². The van der Waals surface area contributed by atoms with Gasteiger partial charge in [-0.3, -0.25) is 14.4 Å². The van der Waals surface area contributed by atoms with E-state index in [1.54, 1.807) is 20.8 Å². The molecule has 0 aromatic heterocycles. The molecule has 0 heterocycles. The van der Waals surface area contributed by atoms with Crippen LogP contribution in [0.3, 0.4) is 0 Å². The summed E-state index contributed by atoms with van der Waals surface area (Å²) in [5.74, 6) is -1.15. The molecule has 1 fully saturated rings. The molecule has 0 aromatic carbocycles. The van der Waals surface area contributed by atoms with Crippen LogP contribution in [0, 0.1) is 11.8 Å². The molecular weight excluding hydrogens is 280 g/mol. The summed E-state index contributed by atoms with van der Waals surface area (Å²) in [6, 6.07) is 0. The van der Waals surface area contributed by atoms with Crippen molar-refractivity contribution >= 4 is 17.6 Å². The van der Waals surface area contributed by atoms with Crippen LogP contribution < -0.4 is 10.6 Å². The minimum absolute atomic E-state index is 0.233. The fourth-order valence-electron chi connectivity index (χ4n) is 2.66. The average Bonchev–Trinajstić information content (AvgIpc) is 2.51. The third kappa shape index (κ3) is 5.43. The third-order valence-electron chi connectivity index (χ3n) is 4.55. The van der Waals surface area contributed by atoms with Crippen LogP contribution >= 0.6 is 0 Å². The van der Waals surface area contributed by atoms with Gasteiger partial charge in [0.05, 0.1) is 0 Å². The Hall–Kier alpha value is -1.39. The van der Waals surface area contributed by atoms with Crippen LogP contribution in [0.1, 0.15) is 66.2 Å². The highest BCUT2D eigenvalue weighted by atomic mass is 16.2. The van der Waals surface area contributed by atoms with Crippen LogP contribution in [0.4, 0.5) is 0 Å². The second kappa shape index (κ2) is 8.30. The van der Waals surface area contributed by atoms with Gasteiger partial charge in [-0.15, -0.1) is 0 Å². The first-order valence-corrected chi connectivity index (χ1v) is 8.42. The van der Waals surface area contributed by atoms with Crippen molar-refractivity contribution in [1.29, 1.82) is 0 Å². The van der Waals surface area contributed by atoms with Gasteiger partial charge in [-0.05, 0) is 39.0 Å². The van der Waals surface area contributed by atoms with E-state index in [1.165, 1.54) is 19.3 Å². The van der Waals surface area contributed by atoms with Gasteiger partial charge in [-0.2, -0.15) is 0 Å². The first kappa shape index (κ1) is 18.7. The average molecular weight is 310 g/mol. The van der Waals surface area contributed by atoms with E-state index in [4.69, 9.17) is 0 Å². The minimum atomic E-state index is -1.07. The number of Topliss-reactive ketones (excluding diaryl/α,β-unsaturated/α-hetero) is 1. The molecule has 1 aliphatic rings. The van der Waals surface area contributed by atoms with Gasteiger partial charge in [0, 0.05) is 12.5 Å². The molecule has 2 amide bonds. The highest BCUT2D eigenvalue weighted by Crippen LogP contribution is 2.22. The maximum atomic E-state index is 12.3. The quantitative estimate of drug-likeness (QED) is 0.708. The molecule has 1 atom stereocenters. The fourth-order valence-corrected chi connectivity index (χ4v) is 2.66. The summed E-state index contributed by atoms with van der Waals surface area (Å²) in [7, 11) is 0. The second-order valence-corrected chi connectivity index (χ2v) is 6.97. The monoisotopic (exact) mass is 310 g/mol. The maximum absolute atomic E-state index is 12.3. The summed E-state index contributed by atoms with van der Waals surface area (Å²) < 4.78 is 0. The Bertz CT molecular complexity index is 412. The molecule has 0 aromatic rings.